The van der Waals surface area contributed by atoms with E-state index in [2.05, 4.69) is 27.9 Å². The van der Waals surface area contributed by atoms with Crippen LogP contribution in [0.3, 0.4) is 0 Å². The van der Waals surface area contributed by atoms with Gasteiger partial charge in [0.25, 0.3) is 5.91 Å². The van der Waals surface area contributed by atoms with Crippen molar-refractivity contribution in [1.29, 1.82) is 0 Å². The van der Waals surface area contributed by atoms with Crippen LogP contribution in [0, 0.1) is 3.57 Å². The lowest BCUT2D eigenvalue weighted by molar-refractivity contribution is 0.102. The fourth-order valence-electron chi connectivity index (χ4n) is 1.62. The highest BCUT2D eigenvalue weighted by Crippen LogP contribution is 2.25. The third kappa shape index (κ3) is 3.62. The number of hydrogen-bond acceptors (Lipinski definition) is 4. The number of sulfonamides is 1. The zero-order chi connectivity index (χ0) is 15.6. The number of nitrogens with zero attached hydrogens (tertiary/aromatic N) is 1. The molecule has 0 saturated carbocycles. The number of carbonyl (C=O) groups is 1. The molecule has 0 atom stereocenters. The number of halogens is 1. The highest BCUT2D eigenvalue weighted by Gasteiger charge is 2.25. The molecule has 1 aromatic carbocycles. The van der Waals surface area contributed by atoms with Gasteiger partial charge < -0.3 is 5.32 Å². The maximum atomic E-state index is 12.3. The molecule has 5 nitrogen and oxygen atoms in total. The van der Waals surface area contributed by atoms with Crippen molar-refractivity contribution in [3.8, 4) is 0 Å². The summed E-state index contributed by atoms with van der Waals surface area (Å²) >= 11 is 3.25. The lowest BCUT2D eigenvalue weighted by atomic mass is 10.3. The van der Waals surface area contributed by atoms with Crippen molar-refractivity contribution < 1.29 is 13.2 Å². The molecule has 0 unspecified atom stereocenters. The zero-order valence-corrected chi connectivity index (χ0v) is 15.1. The number of thiophene rings is 1. The quantitative estimate of drug-likeness (QED) is 0.750. The molecule has 8 heteroatoms. The molecule has 0 aliphatic carbocycles. The summed E-state index contributed by atoms with van der Waals surface area (Å²) in [5.41, 5.74) is 0.633. The van der Waals surface area contributed by atoms with E-state index in [4.69, 9.17) is 0 Å². The van der Waals surface area contributed by atoms with Gasteiger partial charge in [-0.3, -0.25) is 4.79 Å². The van der Waals surface area contributed by atoms with Crippen molar-refractivity contribution in [2.24, 2.45) is 0 Å². The molecule has 0 radical (unpaired) electrons. The van der Waals surface area contributed by atoms with Gasteiger partial charge in [0, 0.05) is 23.4 Å². The molecule has 0 fully saturated rings. The van der Waals surface area contributed by atoms with Gasteiger partial charge in [-0.25, -0.2) is 12.7 Å². The van der Waals surface area contributed by atoms with Crippen molar-refractivity contribution in [2.75, 3.05) is 19.4 Å². The first-order valence-electron chi connectivity index (χ1n) is 5.89. The summed E-state index contributed by atoms with van der Waals surface area (Å²) in [6.45, 7) is 0. The molecule has 0 aliphatic rings. The average Bonchev–Trinajstić information content (AvgIpc) is 2.88. The molecule has 112 valence electrons. The van der Waals surface area contributed by atoms with E-state index in [0.717, 1.165) is 19.2 Å². The first-order valence-corrected chi connectivity index (χ1v) is 9.29. The van der Waals surface area contributed by atoms with Gasteiger partial charge >= 0.3 is 0 Å². The second kappa shape index (κ2) is 6.42. The monoisotopic (exact) mass is 436 g/mol. The topological polar surface area (TPSA) is 66.5 Å². The Labute approximate surface area is 141 Å². The van der Waals surface area contributed by atoms with Gasteiger partial charge in [-0.15, -0.1) is 11.3 Å². The highest BCUT2D eigenvalue weighted by atomic mass is 127. The molecule has 1 heterocycles. The molecule has 0 spiro atoms. The second-order valence-corrected chi connectivity index (χ2v) is 8.65. The van der Waals surface area contributed by atoms with Crippen molar-refractivity contribution in [3.05, 3.63) is 44.2 Å². The summed E-state index contributed by atoms with van der Waals surface area (Å²) in [5.74, 6) is -0.424. The van der Waals surface area contributed by atoms with E-state index >= 15 is 0 Å². The van der Waals surface area contributed by atoms with Gasteiger partial charge in [-0.05, 0) is 52.2 Å². The Morgan fingerprint density at radius 1 is 1.29 bits per heavy atom. The van der Waals surface area contributed by atoms with Crippen LogP contribution in [0.1, 0.15) is 9.67 Å². The van der Waals surface area contributed by atoms with Crippen molar-refractivity contribution >= 4 is 55.5 Å². The average molecular weight is 436 g/mol. The summed E-state index contributed by atoms with van der Waals surface area (Å²) in [4.78, 5) is 12.5. The second-order valence-electron chi connectivity index (χ2n) is 4.37. The number of amides is 1. The van der Waals surface area contributed by atoms with Crippen LogP contribution in [-0.4, -0.2) is 32.7 Å². The molecular weight excluding hydrogens is 423 g/mol. The minimum absolute atomic E-state index is 0.0284. The van der Waals surface area contributed by atoms with Crippen LogP contribution < -0.4 is 5.32 Å². The third-order valence-corrected chi connectivity index (χ3v) is 6.25. The summed E-state index contributed by atoms with van der Waals surface area (Å²) in [5, 5.41) is 4.32. The Hall–Kier alpha value is -0.970. The Balaban J connectivity index is 2.32. The predicted octanol–water partition coefficient (Wildman–Crippen LogP) is 2.86. The number of anilines is 1. The minimum atomic E-state index is -3.63. The first kappa shape index (κ1) is 16.4. The highest BCUT2D eigenvalue weighted by molar-refractivity contribution is 14.1. The zero-order valence-electron chi connectivity index (χ0n) is 11.3. The molecule has 2 aromatic rings. The summed E-state index contributed by atoms with van der Waals surface area (Å²) in [7, 11) is -0.751. The van der Waals surface area contributed by atoms with Gasteiger partial charge in [0.1, 0.15) is 9.77 Å². The molecule has 0 bridgehead atoms. The van der Waals surface area contributed by atoms with Gasteiger partial charge in [-0.2, -0.15) is 0 Å². The van der Waals surface area contributed by atoms with Crippen LogP contribution in [0.25, 0.3) is 0 Å². The molecule has 1 N–H and O–H groups in total. The maximum Gasteiger partial charge on any atom is 0.267 e. The summed E-state index contributed by atoms with van der Waals surface area (Å²) in [6.07, 6.45) is 0. The Kier molecular flexibility index (Phi) is 5.02. The van der Waals surface area contributed by atoms with Crippen molar-refractivity contribution in [1.82, 2.24) is 4.31 Å². The number of nitrogens with one attached hydrogen (secondary N) is 1. The van der Waals surface area contributed by atoms with Gasteiger partial charge in [0.15, 0.2) is 0 Å². The summed E-state index contributed by atoms with van der Waals surface area (Å²) in [6, 6.07) is 8.75. The van der Waals surface area contributed by atoms with Crippen LogP contribution in [0.15, 0.2) is 40.6 Å². The lowest BCUT2D eigenvalue weighted by Gasteiger charge is -2.12. The maximum absolute atomic E-state index is 12.3. The van der Waals surface area contributed by atoms with Crippen molar-refractivity contribution in [2.45, 2.75) is 4.90 Å². The van der Waals surface area contributed by atoms with Gasteiger partial charge in [0.2, 0.25) is 10.0 Å². The Morgan fingerprint density at radius 3 is 2.62 bits per heavy atom. The fraction of sp³-hybridized carbons (Fsp3) is 0.154. The van der Waals surface area contributed by atoms with E-state index in [1.807, 2.05) is 18.2 Å². The van der Waals surface area contributed by atoms with E-state index in [0.29, 0.717) is 5.69 Å². The number of benzene rings is 1. The van der Waals surface area contributed by atoms with E-state index in [1.165, 1.54) is 20.2 Å². The van der Waals surface area contributed by atoms with Crippen LogP contribution in [0.5, 0.6) is 0 Å². The van der Waals surface area contributed by atoms with Gasteiger partial charge in [0.05, 0.1) is 0 Å². The van der Waals surface area contributed by atoms with Crippen molar-refractivity contribution in [3.63, 3.8) is 0 Å². The first-order chi connectivity index (χ1) is 9.82. The van der Waals surface area contributed by atoms with E-state index < -0.39 is 15.9 Å². The smallest absolute Gasteiger partial charge is 0.267 e. The van der Waals surface area contributed by atoms with Crippen LogP contribution in [-0.2, 0) is 10.0 Å². The van der Waals surface area contributed by atoms with E-state index in [1.54, 1.807) is 11.4 Å². The Bertz CT molecular complexity index is 769. The van der Waals surface area contributed by atoms with Gasteiger partial charge in [-0.1, -0.05) is 6.07 Å². The van der Waals surface area contributed by atoms with E-state index in [9.17, 15) is 13.2 Å². The standard InChI is InChI=1S/C13H13IN2O3S2/c1-16(2)21(18,19)11-6-7-20-12(11)13(17)15-10-5-3-4-9(14)8-10/h3-8H,1-2H3,(H,15,17). The minimum Gasteiger partial charge on any atom is -0.321 e. The van der Waals surface area contributed by atoms with E-state index in [-0.39, 0.29) is 9.77 Å². The largest absolute Gasteiger partial charge is 0.321 e. The molecule has 1 aromatic heterocycles. The molecule has 2 rings (SSSR count). The normalized spacial score (nSPS) is 11.6. The third-order valence-electron chi connectivity index (χ3n) is 2.68. The number of hydrogen-bond donors (Lipinski definition) is 1. The predicted molar refractivity (Wildman–Crippen MR) is 92.3 cm³/mol. The summed E-state index contributed by atoms with van der Waals surface area (Å²) < 4.78 is 26.4. The molecule has 21 heavy (non-hydrogen) atoms. The van der Waals surface area contributed by atoms with Crippen LogP contribution >= 0.6 is 33.9 Å². The fourth-order valence-corrected chi connectivity index (χ4v) is 4.35. The molecule has 0 aliphatic heterocycles. The van der Waals surface area contributed by atoms with Crippen LogP contribution in [0.4, 0.5) is 5.69 Å². The number of carbonyl (C=O) groups excluding carboxylic acids is 1. The lowest BCUT2D eigenvalue weighted by Crippen LogP contribution is -2.24. The van der Waals surface area contributed by atoms with Crippen LogP contribution in [0.2, 0.25) is 0 Å². The molecule has 0 saturated heterocycles. The molecular formula is C13H13IN2O3S2. The Morgan fingerprint density at radius 2 is 2.00 bits per heavy atom. The number of rotatable bonds is 4. The molecule has 1 amide bonds. The SMILES string of the molecule is CN(C)S(=O)(=O)c1ccsc1C(=O)Nc1cccc(I)c1.